The summed E-state index contributed by atoms with van der Waals surface area (Å²) in [5.41, 5.74) is 0. The molecule has 1 amide bonds. The zero-order valence-corrected chi connectivity index (χ0v) is 16.7. The van der Waals surface area contributed by atoms with Crippen molar-refractivity contribution in [2.45, 2.75) is 52.5 Å². The maximum absolute atomic E-state index is 12.1. The fourth-order valence-electron chi connectivity index (χ4n) is 3.01. The average molecular weight is 365 g/mol. The van der Waals surface area contributed by atoms with E-state index in [1.54, 1.807) is 11.3 Å². The Kier molecular flexibility index (Phi) is 7.75. The Morgan fingerprint density at radius 2 is 2.08 bits per heavy atom. The van der Waals surface area contributed by atoms with Gasteiger partial charge < -0.3 is 15.5 Å². The molecule has 1 unspecified atom stereocenters. The number of hydrogen-bond donors (Lipinski definition) is 2. The standard InChI is InChI=1S/C19H32N4OS/c1-5-20-19(21-13-15(4)17-7-6-12-25-17)22-16-8-10-23(11-9-16)18(24)14(2)3/h6-7,12,14-16H,5,8-11,13H2,1-4H3,(H2,20,21,22). The predicted octanol–water partition coefficient (Wildman–Crippen LogP) is 3.05. The third kappa shape index (κ3) is 6.03. The van der Waals surface area contributed by atoms with E-state index in [0.29, 0.717) is 12.0 Å². The van der Waals surface area contributed by atoms with Crippen LogP contribution >= 0.6 is 11.3 Å². The molecule has 1 saturated heterocycles. The Hall–Kier alpha value is -1.56. The second-order valence-corrected chi connectivity index (χ2v) is 8.01. The Morgan fingerprint density at radius 3 is 2.64 bits per heavy atom. The van der Waals surface area contributed by atoms with Gasteiger partial charge in [-0.1, -0.05) is 26.8 Å². The number of thiophene rings is 1. The Morgan fingerprint density at radius 1 is 1.36 bits per heavy atom. The molecule has 0 radical (unpaired) electrons. The lowest BCUT2D eigenvalue weighted by Gasteiger charge is -2.34. The molecule has 1 aliphatic rings. The van der Waals surface area contributed by atoms with Gasteiger partial charge in [-0.15, -0.1) is 11.3 Å². The molecule has 1 fully saturated rings. The first kappa shape index (κ1) is 19.8. The molecule has 0 saturated carbocycles. The van der Waals surface area contributed by atoms with Gasteiger partial charge in [0.05, 0.1) is 6.54 Å². The molecule has 0 aliphatic carbocycles. The SMILES string of the molecule is CCNC(=NCC(C)c1cccs1)NC1CCN(C(=O)C(C)C)CC1. The highest BCUT2D eigenvalue weighted by molar-refractivity contribution is 7.10. The van der Waals surface area contributed by atoms with Crippen LogP contribution < -0.4 is 10.6 Å². The highest BCUT2D eigenvalue weighted by Crippen LogP contribution is 2.20. The lowest BCUT2D eigenvalue weighted by Crippen LogP contribution is -2.50. The lowest BCUT2D eigenvalue weighted by molar-refractivity contribution is -0.135. The summed E-state index contributed by atoms with van der Waals surface area (Å²) in [4.78, 5) is 20.2. The summed E-state index contributed by atoms with van der Waals surface area (Å²) >= 11 is 1.79. The number of nitrogens with one attached hydrogen (secondary N) is 2. The third-order valence-corrected chi connectivity index (χ3v) is 5.64. The van der Waals surface area contributed by atoms with E-state index in [9.17, 15) is 4.79 Å². The first-order valence-electron chi connectivity index (χ1n) is 9.38. The van der Waals surface area contributed by atoms with Crippen molar-refractivity contribution in [1.29, 1.82) is 0 Å². The minimum atomic E-state index is 0.0853. The van der Waals surface area contributed by atoms with Gasteiger partial charge in [-0.2, -0.15) is 0 Å². The highest BCUT2D eigenvalue weighted by atomic mass is 32.1. The first-order valence-corrected chi connectivity index (χ1v) is 10.3. The van der Waals surface area contributed by atoms with Crippen LogP contribution in [-0.4, -0.2) is 49.0 Å². The van der Waals surface area contributed by atoms with Gasteiger partial charge >= 0.3 is 0 Å². The Labute approximate surface area is 155 Å². The summed E-state index contributed by atoms with van der Waals surface area (Å²) in [5.74, 6) is 1.67. The normalized spacial score (nSPS) is 17.6. The average Bonchev–Trinajstić information content (AvgIpc) is 3.14. The van der Waals surface area contributed by atoms with Crippen LogP contribution in [0.5, 0.6) is 0 Å². The smallest absolute Gasteiger partial charge is 0.225 e. The minimum absolute atomic E-state index is 0.0853. The Bertz CT molecular complexity index is 548. The summed E-state index contributed by atoms with van der Waals surface area (Å²) in [5, 5.41) is 9.01. The van der Waals surface area contributed by atoms with Crippen LogP contribution in [-0.2, 0) is 4.79 Å². The first-order chi connectivity index (χ1) is 12.0. The van der Waals surface area contributed by atoms with Gasteiger partial charge in [-0.05, 0) is 31.2 Å². The van der Waals surface area contributed by atoms with Crippen LogP contribution in [0.25, 0.3) is 0 Å². The molecule has 25 heavy (non-hydrogen) atoms. The number of hydrogen-bond acceptors (Lipinski definition) is 3. The largest absolute Gasteiger partial charge is 0.357 e. The number of rotatable bonds is 6. The van der Waals surface area contributed by atoms with Gasteiger partial charge in [-0.25, -0.2) is 0 Å². The van der Waals surface area contributed by atoms with E-state index >= 15 is 0 Å². The monoisotopic (exact) mass is 364 g/mol. The maximum atomic E-state index is 12.1. The van der Waals surface area contributed by atoms with Gasteiger partial charge in [0, 0.05) is 42.4 Å². The topological polar surface area (TPSA) is 56.7 Å². The number of likely N-dealkylation sites (tertiary alicyclic amines) is 1. The molecule has 0 spiro atoms. The number of carbonyl (C=O) groups excluding carboxylic acids is 1. The molecule has 0 bridgehead atoms. The van der Waals surface area contributed by atoms with Crippen molar-refractivity contribution in [3.8, 4) is 0 Å². The van der Waals surface area contributed by atoms with E-state index in [4.69, 9.17) is 4.99 Å². The third-order valence-electron chi connectivity index (χ3n) is 4.54. The minimum Gasteiger partial charge on any atom is -0.357 e. The van der Waals surface area contributed by atoms with E-state index in [2.05, 4.69) is 42.0 Å². The molecule has 0 aromatic carbocycles. The molecular formula is C19H32N4OS. The van der Waals surface area contributed by atoms with Crippen molar-refractivity contribution in [3.05, 3.63) is 22.4 Å². The molecule has 1 aromatic rings. The number of amides is 1. The van der Waals surface area contributed by atoms with Crippen molar-refractivity contribution in [2.24, 2.45) is 10.9 Å². The fourth-order valence-corrected chi connectivity index (χ4v) is 3.79. The summed E-state index contributed by atoms with van der Waals surface area (Å²) in [6.07, 6.45) is 1.95. The molecule has 6 heteroatoms. The number of carbonyl (C=O) groups is 1. The quantitative estimate of drug-likeness (QED) is 0.602. The Balaban J connectivity index is 1.85. The molecule has 2 rings (SSSR count). The van der Waals surface area contributed by atoms with Crippen LogP contribution in [0.3, 0.4) is 0 Å². The van der Waals surface area contributed by atoms with Crippen LogP contribution in [0.15, 0.2) is 22.5 Å². The highest BCUT2D eigenvalue weighted by Gasteiger charge is 2.24. The van der Waals surface area contributed by atoms with Crippen molar-refractivity contribution >= 4 is 23.2 Å². The molecule has 2 N–H and O–H groups in total. The lowest BCUT2D eigenvalue weighted by atomic mass is 10.0. The van der Waals surface area contributed by atoms with Gasteiger partial charge in [0.25, 0.3) is 0 Å². The molecule has 2 heterocycles. The van der Waals surface area contributed by atoms with E-state index in [-0.39, 0.29) is 11.8 Å². The van der Waals surface area contributed by atoms with Gasteiger partial charge in [0.1, 0.15) is 0 Å². The summed E-state index contributed by atoms with van der Waals surface area (Å²) < 4.78 is 0. The van der Waals surface area contributed by atoms with Crippen molar-refractivity contribution in [3.63, 3.8) is 0 Å². The van der Waals surface area contributed by atoms with Crippen molar-refractivity contribution in [1.82, 2.24) is 15.5 Å². The number of guanidine groups is 1. The molecule has 1 aliphatic heterocycles. The van der Waals surface area contributed by atoms with Crippen molar-refractivity contribution in [2.75, 3.05) is 26.2 Å². The van der Waals surface area contributed by atoms with Crippen LogP contribution in [0.4, 0.5) is 0 Å². The summed E-state index contributed by atoms with van der Waals surface area (Å²) in [7, 11) is 0. The van der Waals surface area contributed by atoms with Crippen LogP contribution in [0.2, 0.25) is 0 Å². The number of aliphatic imine (C=N–C) groups is 1. The molecule has 1 aromatic heterocycles. The fraction of sp³-hybridized carbons (Fsp3) is 0.684. The molecule has 140 valence electrons. The van der Waals surface area contributed by atoms with Gasteiger partial charge in [0.2, 0.25) is 5.91 Å². The summed E-state index contributed by atoms with van der Waals surface area (Å²) in [6, 6.07) is 4.65. The number of nitrogens with zero attached hydrogens (tertiary/aromatic N) is 2. The van der Waals surface area contributed by atoms with E-state index in [1.807, 2.05) is 18.7 Å². The predicted molar refractivity (Wildman–Crippen MR) is 106 cm³/mol. The zero-order valence-electron chi connectivity index (χ0n) is 15.9. The number of piperidine rings is 1. The maximum Gasteiger partial charge on any atom is 0.225 e. The zero-order chi connectivity index (χ0) is 18.2. The summed E-state index contributed by atoms with van der Waals surface area (Å²) in [6.45, 7) is 11.5. The van der Waals surface area contributed by atoms with Crippen LogP contribution in [0.1, 0.15) is 51.3 Å². The van der Waals surface area contributed by atoms with Crippen molar-refractivity contribution < 1.29 is 4.79 Å². The van der Waals surface area contributed by atoms with E-state index < -0.39 is 0 Å². The second-order valence-electron chi connectivity index (χ2n) is 7.03. The molecular weight excluding hydrogens is 332 g/mol. The second kappa shape index (κ2) is 9.80. The van der Waals surface area contributed by atoms with E-state index in [0.717, 1.165) is 45.0 Å². The van der Waals surface area contributed by atoms with Gasteiger partial charge in [-0.3, -0.25) is 9.79 Å². The molecule has 1 atom stereocenters. The van der Waals surface area contributed by atoms with E-state index in [1.165, 1.54) is 4.88 Å². The van der Waals surface area contributed by atoms with Crippen LogP contribution in [0, 0.1) is 5.92 Å². The van der Waals surface area contributed by atoms with Gasteiger partial charge in [0.15, 0.2) is 5.96 Å². The molecule has 5 nitrogen and oxygen atoms in total.